The Kier molecular flexibility index (Phi) is 7.15. The summed E-state index contributed by atoms with van der Waals surface area (Å²) in [5.74, 6) is 2.25. The van der Waals surface area contributed by atoms with E-state index >= 15 is 0 Å². The number of halogens is 1. The first kappa shape index (κ1) is 26.1. The molecular formula is C33H33ClN4O3. The van der Waals surface area contributed by atoms with Crippen LogP contribution in [0.25, 0.3) is 22.0 Å². The van der Waals surface area contributed by atoms with Crippen LogP contribution in [-0.4, -0.2) is 59.7 Å². The fraction of sp³-hybridized carbons (Fsp3) is 0.333. The number of hydrogen-bond donors (Lipinski definition) is 1. The van der Waals surface area contributed by atoms with E-state index in [1.54, 1.807) is 0 Å². The van der Waals surface area contributed by atoms with Crippen LogP contribution in [-0.2, 0) is 6.54 Å². The van der Waals surface area contributed by atoms with Gasteiger partial charge in [0.05, 0.1) is 11.1 Å². The van der Waals surface area contributed by atoms with Crippen LogP contribution in [0.3, 0.4) is 0 Å². The molecule has 0 bridgehead atoms. The number of anilines is 1. The molecule has 0 aliphatic carbocycles. The molecule has 3 aliphatic rings. The van der Waals surface area contributed by atoms with Crippen molar-refractivity contribution in [1.29, 1.82) is 0 Å². The topological polar surface area (TPSA) is 66.9 Å². The minimum Gasteiger partial charge on any atom is -0.454 e. The van der Waals surface area contributed by atoms with Crippen molar-refractivity contribution >= 4 is 34.2 Å². The highest BCUT2D eigenvalue weighted by molar-refractivity contribution is 6.30. The molecule has 3 aromatic carbocycles. The van der Waals surface area contributed by atoms with E-state index in [4.69, 9.17) is 26.1 Å². The molecule has 0 spiro atoms. The molecule has 41 heavy (non-hydrogen) atoms. The monoisotopic (exact) mass is 568 g/mol. The average Bonchev–Trinajstić information content (AvgIpc) is 3.78. The van der Waals surface area contributed by atoms with Crippen LogP contribution in [0.5, 0.6) is 11.5 Å². The Morgan fingerprint density at radius 3 is 2.54 bits per heavy atom. The van der Waals surface area contributed by atoms with E-state index in [-0.39, 0.29) is 18.7 Å². The number of nitrogens with zero attached hydrogens (tertiary/aromatic N) is 3. The maximum atomic E-state index is 14.3. The number of pyridine rings is 1. The Morgan fingerprint density at radius 2 is 1.68 bits per heavy atom. The number of rotatable bonds is 7. The molecule has 1 N–H and O–H groups in total. The third kappa shape index (κ3) is 5.44. The maximum Gasteiger partial charge on any atom is 0.254 e. The lowest BCUT2D eigenvalue weighted by Crippen LogP contribution is -2.42. The lowest BCUT2D eigenvalue weighted by atomic mass is 9.99. The number of fused-ring (bicyclic) bond motifs is 2. The summed E-state index contributed by atoms with van der Waals surface area (Å²) in [4.78, 5) is 23.8. The van der Waals surface area contributed by atoms with Crippen molar-refractivity contribution in [3.8, 4) is 22.6 Å². The third-order valence-electron chi connectivity index (χ3n) is 8.44. The number of carbonyl (C=O) groups excluding carboxylic acids is 1. The summed E-state index contributed by atoms with van der Waals surface area (Å²) in [6, 6.07) is 22.0. The smallest absolute Gasteiger partial charge is 0.254 e. The number of hydrogen-bond acceptors (Lipinski definition) is 6. The van der Waals surface area contributed by atoms with Crippen molar-refractivity contribution in [2.75, 3.05) is 38.3 Å². The molecule has 3 aliphatic heterocycles. The first-order valence-electron chi connectivity index (χ1n) is 14.5. The standard InChI is InChI=1S/C33H33ClN4O3/c34-25-9-5-22(6-10-25)19-35-32-18-28(33(39)38-15-3-4-26(38)20-37-13-1-2-14-37)27-16-23(7-11-29(27)36-32)24-8-12-30-31(17-24)41-21-40-30/h5-12,16-18,26H,1-4,13-15,19-21H2,(H,35,36)/t26-/m0/s1. The van der Waals surface area contributed by atoms with Gasteiger partial charge in [0.15, 0.2) is 11.5 Å². The Morgan fingerprint density at radius 1 is 0.902 bits per heavy atom. The molecule has 2 saturated heterocycles. The van der Waals surface area contributed by atoms with Crippen molar-refractivity contribution in [3.63, 3.8) is 0 Å². The molecule has 0 unspecified atom stereocenters. The predicted octanol–water partition coefficient (Wildman–Crippen LogP) is 6.60. The SMILES string of the molecule is O=C(c1cc(NCc2ccc(Cl)cc2)nc2ccc(-c3ccc4c(c3)OCO4)cc12)N1CCC[C@H]1CN1CCCC1. The summed E-state index contributed by atoms with van der Waals surface area (Å²) in [6.07, 6.45) is 4.59. The van der Waals surface area contributed by atoms with Gasteiger partial charge in [0.2, 0.25) is 6.79 Å². The second kappa shape index (κ2) is 11.2. The number of aromatic nitrogens is 1. The van der Waals surface area contributed by atoms with Gasteiger partial charge >= 0.3 is 0 Å². The average molecular weight is 569 g/mol. The zero-order valence-electron chi connectivity index (χ0n) is 22.9. The Bertz CT molecular complexity index is 1590. The van der Waals surface area contributed by atoms with Crippen molar-refractivity contribution in [2.45, 2.75) is 38.3 Å². The molecule has 1 amide bonds. The Labute approximate surface area is 245 Å². The molecule has 7 rings (SSSR count). The van der Waals surface area contributed by atoms with Crippen molar-refractivity contribution in [1.82, 2.24) is 14.8 Å². The van der Waals surface area contributed by atoms with E-state index in [9.17, 15) is 4.79 Å². The highest BCUT2D eigenvalue weighted by atomic mass is 35.5. The van der Waals surface area contributed by atoms with Gasteiger partial charge in [0.1, 0.15) is 5.82 Å². The van der Waals surface area contributed by atoms with Gasteiger partial charge in [-0.3, -0.25) is 4.79 Å². The third-order valence-corrected chi connectivity index (χ3v) is 8.69. The van der Waals surface area contributed by atoms with Crippen LogP contribution in [0, 0.1) is 0 Å². The van der Waals surface area contributed by atoms with Gasteiger partial charge < -0.3 is 24.6 Å². The fourth-order valence-electron chi connectivity index (χ4n) is 6.25. The molecule has 210 valence electrons. The van der Waals surface area contributed by atoms with Crippen molar-refractivity contribution in [3.05, 3.63) is 82.9 Å². The van der Waals surface area contributed by atoms with Gasteiger partial charge in [-0.2, -0.15) is 0 Å². The van der Waals surface area contributed by atoms with Crippen LogP contribution in [0.2, 0.25) is 5.02 Å². The molecule has 2 fully saturated rings. The van der Waals surface area contributed by atoms with Gasteiger partial charge in [-0.15, -0.1) is 0 Å². The van der Waals surface area contributed by atoms with Crippen LogP contribution in [0.1, 0.15) is 41.6 Å². The van der Waals surface area contributed by atoms with Crippen molar-refractivity contribution in [2.24, 2.45) is 0 Å². The second-order valence-corrected chi connectivity index (χ2v) is 11.6. The quantitative estimate of drug-likeness (QED) is 0.271. The molecular weight excluding hydrogens is 536 g/mol. The Hall–Kier alpha value is -3.81. The Balaban J connectivity index is 1.24. The molecule has 7 nitrogen and oxygen atoms in total. The number of benzene rings is 3. The minimum atomic E-state index is 0.0801. The summed E-state index contributed by atoms with van der Waals surface area (Å²) < 4.78 is 11.1. The normalized spacial score (nSPS) is 18.4. The summed E-state index contributed by atoms with van der Waals surface area (Å²) in [7, 11) is 0. The maximum absolute atomic E-state index is 14.3. The van der Waals surface area contributed by atoms with E-state index in [1.807, 2.05) is 54.6 Å². The van der Waals surface area contributed by atoms with Gasteiger partial charge in [0.25, 0.3) is 5.91 Å². The second-order valence-electron chi connectivity index (χ2n) is 11.1. The van der Waals surface area contributed by atoms with Crippen LogP contribution >= 0.6 is 11.6 Å². The van der Waals surface area contributed by atoms with Gasteiger partial charge in [-0.25, -0.2) is 4.98 Å². The fourth-order valence-corrected chi connectivity index (χ4v) is 6.38. The summed E-state index contributed by atoms with van der Waals surface area (Å²) >= 11 is 6.07. The van der Waals surface area contributed by atoms with Crippen LogP contribution in [0.15, 0.2) is 66.7 Å². The van der Waals surface area contributed by atoms with E-state index in [2.05, 4.69) is 27.2 Å². The summed E-state index contributed by atoms with van der Waals surface area (Å²) in [5, 5.41) is 5.00. The largest absolute Gasteiger partial charge is 0.454 e. The number of likely N-dealkylation sites (tertiary alicyclic amines) is 2. The molecule has 0 saturated carbocycles. The molecule has 8 heteroatoms. The highest BCUT2D eigenvalue weighted by Crippen LogP contribution is 2.37. The summed E-state index contributed by atoms with van der Waals surface area (Å²) in [5.41, 5.74) is 4.57. The first-order valence-corrected chi connectivity index (χ1v) is 14.8. The van der Waals surface area contributed by atoms with E-state index in [1.165, 1.54) is 12.8 Å². The van der Waals surface area contributed by atoms with E-state index < -0.39 is 0 Å². The zero-order valence-corrected chi connectivity index (χ0v) is 23.7. The number of carbonyl (C=O) groups is 1. The first-order chi connectivity index (χ1) is 20.1. The molecule has 0 radical (unpaired) electrons. The molecule has 4 aromatic rings. The van der Waals surface area contributed by atoms with E-state index in [0.717, 1.165) is 78.1 Å². The minimum absolute atomic E-state index is 0.0801. The van der Waals surface area contributed by atoms with Crippen LogP contribution in [0.4, 0.5) is 5.82 Å². The lowest BCUT2D eigenvalue weighted by molar-refractivity contribution is 0.0710. The van der Waals surface area contributed by atoms with Crippen molar-refractivity contribution < 1.29 is 14.3 Å². The molecule has 1 atom stereocenters. The number of nitrogens with one attached hydrogen (secondary N) is 1. The number of amides is 1. The van der Waals surface area contributed by atoms with Crippen LogP contribution < -0.4 is 14.8 Å². The highest BCUT2D eigenvalue weighted by Gasteiger charge is 2.32. The van der Waals surface area contributed by atoms with Gasteiger partial charge in [-0.1, -0.05) is 35.9 Å². The van der Waals surface area contributed by atoms with Gasteiger partial charge in [0, 0.05) is 36.1 Å². The van der Waals surface area contributed by atoms with Gasteiger partial charge in [-0.05, 0) is 97.9 Å². The zero-order chi connectivity index (χ0) is 27.8. The number of ether oxygens (including phenoxy) is 2. The molecule has 4 heterocycles. The van der Waals surface area contributed by atoms with E-state index in [0.29, 0.717) is 22.9 Å². The molecule has 1 aromatic heterocycles. The lowest BCUT2D eigenvalue weighted by Gasteiger charge is -2.29. The predicted molar refractivity (Wildman–Crippen MR) is 162 cm³/mol. The summed E-state index contributed by atoms with van der Waals surface area (Å²) in [6.45, 7) is 4.83.